The van der Waals surface area contributed by atoms with Gasteiger partial charge in [-0.25, -0.2) is 0 Å². The molecule has 0 saturated heterocycles. The Labute approximate surface area is 57.9 Å². The summed E-state index contributed by atoms with van der Waals surface area (Å²) in [5.41, 5.74) is 0. The first-order chi connectivity index (χ1) is 4.33. The van der Waals surface area contributed by atoms with Crippen molar-refractivity contribution in [3.63, 3.8) is 0 Å². The largest absolute Gasteiger partial charge is 0.481 e. The van der Waals surface area contributed by atoms with E-state index in [1.807, 2.05) is 6.92 Å². The maximum Gasteiger partial charge on any atom is 0.282 e. The highest BCUT2D eigenvalue weighted by Gasteiger charge is 1.96. The van der Waals surface area contributed by atoms with Crippen molar-refractivity contribution >= 4 is 11.8 Å². The summed E-state index contributed by atoms with van der Waals surface area (Å²) in [4.78, 5) is 0. The van der Waals surface area contributed by atoms with Crippen LogP contribution in [0, 0.1) is 0 Å². The fourth-order valence-electron chi connectivity index (χ4n) is 0.530. The van der Waals surface area contributed by atoms with Crippen LogP contribution in [0.15, 0.2) is 21.6 Å². The molecule has 0 bridgehead atoms. The molecule has 0 aliphatic rings. The molecular formula is C6H8O2S. The lowest BCUT2D eigenvalue weighted by molar-refractivity contribution is 0.301. The predicted octanol–water partition coefficient (Wildman–Crippen LogP) is 2.10. The molecule has 1 aromatic heterocycles. The fourth-order valence-corrected chi connectivity index (χ4v) is 1.12. The van der Waals surface area contributed by atoms with Crippen LogP contribution in [0.1, 0.15) is 6.92 Å². The molecule has 1 heterocycles. The van der Waals surface area contributed by atoms with Gasteiger partial charge in [-0.1, -0.05) is 18.7 Å². The van der Waals surface area contributed by atoms with Crippen molar-refractivity contribution in [3.05, 3.63) is 12.1 Å². The average molecular weight is 144 g/mol. The van der Waals surface area contributed by atoms with Gasteiger partial charge in [-0.2, -0.15) is 0 Å². The lowest BCUT2D eigenvalue weighted by atomic mass is 10.7. The zero-order valence-electron chi connectivity index (χ0n) is 5.13. The second kappa shape index (κ2) is 2.82. The van der Waals surface area contributed by atoms with Crippen LogP contribution in [0.3, 0.4) is 0 Å². The van der Waals surface area contributed by atoms with Gasteiger partial charge < -0.3 is 9.52 Å². The first-order valence-electron chi connectivity index (χ1n) is 2.74. The van der Waals surface area contributed by atoms with Gasteiger partial charge in [0, 0.05) is 6.07 Å². The minimum absolute atomic E-state index is 0.00838. The molecule has 0 aliphatic heterocycles. The number of aromatic hydroxyl groups is 1. The minimum Gasteiger partial charge on any atom is -0.481 e. The van der Waals surface area contributed by atoms with Crippen LogP contribution in [0.2, 0.25) is 0 Å². The molecule has 0 radical (unpaired) electrons. The maximum atomic E-state index is 8.70. The molecule has 1 aromatic rings. The number of hydrogen-bond acceptors (Lipinski definition) is 3. The molecule has 0 aliphatic carbocycles. The quantitative estimate of drug-likeness (QED) is 0.645. The van der Waals surface area contributed by atoms with Gasteiger partial charge in [0.2, 0.25) is 0 Å². The Balaban J connectivity index is 2.61. The Bertz CT molecular complexity index is 183. The minimum atomic E-state index is -0.00838. The van der Waals surface area contributed by atoms with E-state index in [1.165, 1.54) is 6.07 Å². The summed E-state index contributed by atoms with van der Waals surface area (Å²) < 4.78 is 4.84. The SMILES string of the molecule is CCSc1ccc(O)o1. The maximum absolute atomic E-state index is 8.70. The topological polar surface area (TPSA) is 33.4 Å². The lowest BCUT2D eigenvalue weighted by Gasteiger charge is -1.86. The van der Waals surface area contributed by atoms with Gasteiger partial charge >= 0.3 is 0 Å². The van der Waals surface area contributed by atoms with E-state index in [0.717, 1.165) is 10.8 Å². The Kier molecular flexibility index (Phi) is 2.05. The monoisotopic (exact) mass is 144 g/mol. The molecule has 0 spiro atoms. The third-order valence-corrected chi connectivity index (χ3v) is 1.65. The Morgan fingerprint density at radius 3 is 2.89 bits per heavy atom. The lowest BCUT2D eigenvalue weighted by Crippen LogP contribution is -1.62. The van der Waals surface area contributed by atoms with Crippen molar-refractivity contribution in [2.75, 3.05) is 5.75 Å². The zero-order chi connectivity index (χ0) is 6.69. The molecular weight excluding hydrogens is 136 g/mol. The van der Waals surface area contributed by atoms with E-state index in [9.17, 15) is 0 Å². The molecule has 0 aromatic carbocycles. The average Bonchev–Trinajstić information content (AvgIpc) is 2.17. The highest BCUT2D eigenvalue weighted by molar-refractivity contribution is 7.99. The second-order valence-corrected chi connectivity index (χ2v) is 2.79. The molecule has 0 amide bonds. The summed E-state index contributed by atoms with van der Waals surface area (Å²) in [7, 11) is 0. The van der Waals surface area contributed by atoms with E-state index in [0.29, 0.717) is 0 Å². The smallest absolute Gasteiger partial charge is 0.282 e. The van der Waals surface area contributed by atoms with Gasteiger partial charge in [-0.05, 0) is 11.8 Å². The standard InChI is InChI=1S/C6H8O2S/c1-2-9-6-4-3-5(7)8-6/h3-4,7H,2H2,1H3. The zero-order valence-corrected chi connectivity index (χ0v) is 5.94. The van der Waals surface area contributed by atoms with Crippen molar-refractivity contribution in [1.29, 1.82) is 0 Å². The molecule has 2 nitrogen and oxygen atoms in total. The van der Waals surface area contributed by atoms with Crippen LogP contribution in [-0.2, 0) is 0 Å². The summed E-state index contributed by atoms with van der Waals surface area (Å²) in [5, 5.41) is 9.47. The van der Waals surface area contributed by atoms with E-state index in [4.69, 9.17) is 9.52 Å². The van der Waals surface area contributed by atoms with Gasteiger partial charge in [-0.15, -0.1) is 0 Å². The van der Waals surface area contributed by atoms with Gasteiger partial charge in [0.25, 0.3) is 5.95 Å². The third-order valence-electron chi connectivity index (χ3n) is 0.854. The van der Waals surface area contributed by atoms with Crippen molar-refractivity contribution in [3.8, 4) is 5.95 Å². The van der Waals surface area contributed by atoms with E-state index in [-0.39, 0.29) is 5.95 Å². The van der Waals surface area contributed by atoms with Crippen LogP contribution < -0.4 is 0 Å². The molecule has 50 valence electrons. The summed E-state index contributed by atoms with van der Waals surface area (Å²) in [5.74, 6) is 0.957. The van der Waals surface area contributed by atoms with E-state index >= 15 is 0 Å². The van der Waals surface area contributed by atoms with Gasteiger partial charge in [0.15, 0.2) is 5.09 Å². The van der Waals surface area contributed by atoms with Gasteiger partial charge in [0.1, 0.15) is 0 Å². The highest BCUT2D eigenvalue weighted by Crippen LogP contribution is 2.23. The number of hydrogen-bond donors (Lipinski definition) is 1. The molecule has 0 atom stereocenters. The first-order valence-corrected chi connectivity index (χ1v) is 3.73. The van der Waals surface area contributed by atoms with E-state index in [1.54, 1.807) is 17.8 Å². The van der Waals surface area contributed by atoms with Crippen molar-refractivity contribution in [1.82, 2.24) is 0 Å². The fraction of sp³-hybridized carbons (Fsp3) is 0.333. The second-order valence-electron chi connectivity index (χ2n) is 1.53. The normalized spacial score (nSPS) is 9.89. The van der Waals surface area contributed by atoms with Crippen molar-refractivity contribution in [2.45, 2.75) is 12.0 Å². The third kappa shape index (κ3) is 1.68. The molecule has 0 unspecified atom stereocenters. The summed E-state index contributed by atoms with van der Waals surface area (Å²) in [6.45, 7) is 2.03. The molecule has 1 N–H and O–H groups in total. The van der Waals surface area contributed by atoms with Crippen molar-refractivity contribution < 1.29 is 9.52 Å². The first kappa shape index (κ1) is 6.55. The van der Waals surface area contributed by atoms with E-state index in [2.05, 4.69) is 0 Å². The Morgan fingerprint density at radius 2 is 2.44 bits per heavy atom. The Morgan fingerprint density at radius 1 is 1.67 bits per heavy atom. The summed E-state index contributed by atoms with van der Waals surface area (Å²) in [6, 6.07) is 3.29. The van der Waals surface area contributed by atoms with E-state index < -0.39 is 0 Å². The molecule has 0 saturated carbocycles. The van der Waals surface area contributed by atoms with Crippen LogP contribution in [0.4, 0.5) is 0 Å². The molecule has 1 rings (SSSR count). The summed E-state index contributed by atoms with van der Waals surface area (Å²) in [6.07, 6.45) is 0. The predicted molar refractivity (Wildman–Crippen MR) is 36.8 cm³/mol. The van der Waals surface area contributed by atoms with Crippen LogP contribution in [0.25, 0.3) is 0 Å². The van der Waals surface area contributed by atoms with Gasteiger partial charge in [0.05, 0.1) is 0 Å². The van der Waals surface area contributed by atoms with Crippen LogP contribution in [-0.4, -0.2) is 10.9 Å². The molecule has 0 fully saturated rings. The number of rotatable bonds is 2. The molecule has 9 heavy (non-hydrogen) atoms. The molecule has 3 heteroatoms. The van der Waals surface area contributed by atoms with Crippen LogP contribution >= 0.6 is 11.8 Å². The number of furan rings is 1. The highest BCUT2D eigenvalue weighted by atomic mass is 32.2. The van der Waals surface area contributed by atoms with Gasteiger partial charge in [-0.3, -0.25) is 0 Å². The Hall–Kier alpha value is -0.570. The summed E-state index contributed by atoms with van der Waals surface area (Å²) >= 11 is 1.57. The van der Waals surface area contributed by atoms with Crippen LogP contribution in [0.5, 0.6) is 5.95 Å². The van der Waals surface area contributed by atoms with Crippen molar-refractivity contribution in [2.24, 2.45) is 0 Å². The number of thioether (sulfide) groups is 1.